The van der Waals surface area contributed by atoms with E-state index in [4.69, 9.17) is 0 Å². The first-order valence-electron chi connectivity index (χ1n) is 0. The Kier molecular flexibility index (Phi) is 13900. The van der Waals surface area contributed by atoms with Gasteiger partial charge in [0, 0.05) is 0 Å². The molecule has 0 aliphatic heterocycles. The van der Waals surface area contributed by atoms with Gasteiger partial charge in [-0.15, -0.1) is 0 Å². The molecule has 0 radical (unpaired) electrons. The van der Waals surface area contributed by atoms with E-state index in [2.05, 4.69) is 0 Å². The Hall–Kier alpha value is 1.78. The van der Waals surface area contributed by atoms with Gasteiger partial charge in [-0.2, -0.15) is 0 Å². The van der Waals surface area contributed by atoms with Crippen molar-refractivity contribution in [2.45, 2.75) is 0 Å². The van der Waals surface area contributed by atoms with Crippen molar-refractivity contribution in [3.05, 3.63) is 0 Å². The van der Waals surface area contributed by atoms with Crippen molar-refractivity contribution in [2.24, 2.45) is 0 Å². The molecule has 0 aliphatic rings. The molecule has 7 N–H and O–H groups in total. The Balaban J connectivity index is 0. The fourth-order valence-corrected chi connectivity index (χ4v) is 0. The van der Waals surface area contributed by atoms with Crippen LogP contribution in [0, 0.1) is 0 Å². The zero-order valence-electron chi connectivity index (χ0n) is 5.12. The molecule has 0 fully saturated rings. The minimum absolute atomic E-state index is 0. The van der Waals surface area contributed by atoms with Gasteiger partial charge in [0.05, 0.1) is 0 Å². The third-order valence-corrected chi connectivity index (χ3v) is 0. The van der Waals surface area contributed by atoms with Gasteiger partial charge in [0.25, 0.3) is 0 Å². The molecule has 0 aromatic heterocycles. The van der Waals surface area contributed by atoms with Crippen molar-refractivity contribution in [3.63, 3.8) is 0 Å². The van der Waals surface area contributed by atoms with E-state index in [1.165, 1.54) is 0 Å². The molecule has 0 aromatic carbocycles. The fourth-order valence-electron chi connectivity index (χ4n) is 0. The Bertz CT molecular complexity index is 11.6. The quantitative estimate of drug-likeness (QED) is 0.381. The van der Waals surface area contributed by atoms with Crippen LogP contribution in [0.1, 0.15) is 0 Å². The van der Waals surface area contributed by atoms with E-state index in [-0.39, 0.29) is 102 Å². The van der Waals surface area contributed by atoms with Crippen molar-refractivity contribution in [1.29, 1.82) is 0 Å². The van der Waals surface area contributed by atoms with Crippen LogP contribution in [0.3, 0.4) is 0 Å². The van der Waals surface area contributed by atoms with Crippen LogP contribution < -0.4 is 0 Å². The van der Waals surface area contributed by atoms with Gasteiger partial charge in [-0.1, -0.05) is 0 Å². The average Bonchev–Trinajstić information content (AvgIpc) is 0. The second-order valence-electron chi connectivity index (χ2n) is 0. The maximum atomic E-state index is 0. The van der Waals surface area contributed by atoms with Crippen molar-refractivity contribution < 1.29 is 38.3 Å². The molecule has 0 spiro atoms. The number of hydrogen-bond donors (Lipinski definition) is 0. The van der Waals surface area contributed by atoms with Gasteiger partial charge >= 0.3 is 63.5 Å². The van der Waals surface area contributed by atoms with Crippen LogP contribution in [0.4, 0.5) is 0 Å². The first-order chi connectivity index (χ1) is 0. The number of hydrogen-bond acceptors (Lipinski definition) is 7. The van der Waals surface area contributed by atoms with Crippen LogP contribution in [-0.4, -0.2) is 102 Å². The Labute approximate surface area is 101 Å². The summed E-state index contributed by atoms with van der Waals surface area (Å²) in [5.41, 5.74) is 0. The average molecular weight is 195 g/mol. The second kappa shape index (κ2) is 324. The molecule has 7 nitrogen and oxygen atoms in total. The van der Waals surface area contributed by atoms with Crippen molar-refractivity contribution in [3.8, 4) is 0 Å². The summed E-state index contributed by atoms with van der Waals surface area (Å²) >= 11 is 0. The predicted molar refractivity (Wildman–Crippen MR) is 30.8 cm³/mol. The predicted octanol–water partition coefficient (Wildman–Crippen LogP) is -2.38. The molecule has 0 saturated carbocycles. The summed E-state index contributed by atoms with van der Waals surface area (Å²) in [7, 11) is 0. The molecule has 0 bridgehead atoms. The Morgan fingerprint density at radius 3 is 0.300 bits per heavy atom. The summed E-state index contributed by atoms with van der Waals surface area (Å²) in [4.78, 5) is 0. The molecule has 0 atom stereocenters. The Morgan fingerprint density at radius 2 is 0.300 bits per heavy atom. The van der Waals surface area contributed by atoms with Gasteiger partial charge in [-0.3, -0.25) is 0 Å². The maximum Gasteiger partial charge on any atom is 3.00 e. The first kappa shape index (κ1) is 430. The molecule has 0 rings (SSSR count). The first-order valence-corrected chi connectivity index (χ1v) is 0. The number of rotatable bonds is 0. The zero-order valence-corrected chi connectivity index (χ0v) is 9.11. The molecular formula is H7AlMg2O7. The molecule has 0 aliphatic carbocycles. The van der Waals surface area contributed by atoms with Gasteiger partial charge in [0.1, 0.15) is 0 Å². The third kappa shape index (κ3) is 237. The van der Waals surface area contributed by atoms with Crippen molar-refractivity contribution in [1.82, 2.24) is 0 Å². The molecule has 0 saturated heterocycles. The van der Waals surface area contributed by atoms with E-state index in [1.807, 2.05) is 0 Å². The maximum absolute atomic E-state index is 0. The van der Waals surface area contributed by atoms with Gasteiger partial charge < -0.3 is 38.3 Å². The van der Waals surface area contributed by atoms with E-state index in [1.54, 1.807) is 0 Å². The summed E-state index contributed by atoms with van der Waals surface area (Å²) in [6.07, 6.45) is 0. The van der Waals surface area contributed by atoms with Crippen LogP contribution in [0.25, 0.3) is 0 Å². The fraction of sp³-hybridized carbons (Fsp3) is 0. The smallest absolute Gasteiger partial charge is 0.870 e. The minimum Gasteiger partial charge on any atom is -0.870 e. The van der Waals surface area contributed by atoms with E-state index in [0.717, 1.165) is 0 Å². The SMILES string of the molecule is [Al+3].[Mg+2].[Mg+2].[OH-].[OH-].[OH-].[OH-].[OH-].[OH-].[OH-]. The molecule has 10 heavy (non-hydrogen) atoms. The van der Waals surface area contributed by atoms with E-state index in [9.17, 15) is 0 Å². The summed E-state index contributed by atoms with van der Waals surface area (Å²) in [5, 5.41) is 0. The summed E-state index contributed by atoms with van der Waals surface area (Å²) in [6, 6.07) is 0. The van der Waals surface area contributed by atoms with E-state index in [0.29, 0.717) is 0 Å². The molecule has 0 amide bonds. The van der Waals surface area contributed by atoms with Crippen LogP contribution in [0.2, 0.25) is 0 Å². The van der Waals surface area contributed by atoms with E-state index >= 15 is 0 Å². The van der Waals surface area contributed by atoms with Crippen molar-refractivity contribution >= 4 is 63.5 Å². The van der Waals surface area contributed by atoms with E-state index < -0.39 is 0 Å². The Morgan fingerprint density at radius 1 is 0.300 bits per heavy atom. The summed E-state index contributed by atoms with van der Waals surface area (Å²) in [5.74, 6) is 0. The van der Waals surface area contributed by atoms with Crippen LogP contribution >= 0.6 is 0 Å². The molecule has 0 unspecified atom stereocenters. The van der Waals surface area contributed by atoms with Crippen LogP contribution in [-0.2, 0) is 0 Å². The molecule has 10 heteroatoms. The van der Waals surface area contributed by atoms with Gasteiger partial charge in [0.15, 0.2) is 0 Å². The minimum atomic E-state index is 0. The molecule has 56 valence electrons. The summed E-state index contributed by atoms with van der Waals surface area (Å²) < 4.78 is 0. The largest absolute Gasteiger partial charge is 3.00 e. The zero-order chi connectivity index (χ0) is 0. The monoisotopic (exact) mass is 194 g/mol. The molecule has 0 heterocycles. The van der Waals surface area contributed by atoms with Crippen LogP contribution in [0.15, 0.2) is 0 Å². The second-order valence-corrected chi connectivity index (χ2v) is 0. The molecule has 0 aromatic rings. The van der Waals surface area contributed by atoms with Gasteiger partial charge in [-0.25, -0.2) is 0 Å². The topological polar surface area (TPSA) is 210 Å². The van der Waals surface area contributed by atoms with Gasteiger partial charge in [-0.05, 0) is 0 Å². The summed E-state index contributed by atoms with van der Waals surface area (Å²) in [6.45, 7) is 0. The third-order valence-electron chi connectivity index (χ3n) is 0. The standard InChI is InChI=1S/Al.2Mg.7H2O/h;;;7*1H2/q+3;2*+2;;;;;;;/p-7. The molecular weight excluding hydrogens is 188 g/mol. The van der Waals surface area contributed by atoms with Gasteiger partial charge in [0.2, 0.25) is 0 Å². The van der Waals surface area contributed by atoms with Crippen LogP contribution in [0.5, 0.6) is 0 Å². The normalized spacial score (nSPS) is 0. The van der Waals surface area contributed by atoms with Crippen molar-refractivity contribution in [2.75, 3.05) is 0 Å².